The molecule has 0 amide bonds. The van der Waals surface area contributed by atoms with E-state index in [0.29, 0.717) is 0 Å². The highest BCUT2D eigenvalue weighted by atomic mass is 19.3. The third-order valence-corrected chi connectivity index (χ3v) is 2.18. The van der Waals surface area contributed by atoms with E-state index >= 15 is 0 Å². The quantitative estimate of drug-likeness (QED) is 0.792. The van der Waals surface area contributed by atoms with E-state index in [1.807, 2.05) is 13.0 Å². The molecule has 1 nitrogen and oxygen atoms in total. The molecule has 0 radical (unpaired) electrons. The normalized spacial score (nSPS) is 11.7. The Labute approximate surface area is 82.4 Å². The molecule has 14 heavy (non-hydrogen) atoms. The van der Waals surface area contributed by atoms with Gasteiger partial charge in [-0.1, -0.05) is 25.1 Å². The van der Waals surface area contributed by atoms with Gasteiger partial charge in [-0.15, -0.1) is 0 Å². The van der Waals surface area contributed by atoms with Crippen molar-refractivity contribution >= 4 is 0 Å². The van der Waals surface area contributed by atoms with Crippen molar-refractivity contribution < 1.29 is 13.9 Å². The third kappa shape index (κ3) is 2.51. The Morgan fingerprint density at radius 2 is 2.07 bits per heavy atom. The fourth-order valence-electron chi connectivity index (χ4n) is 1.30. The van der Waals surface area contributed by atoms with Gasteiger partial charge in [0, 0.05) is 18.6 Å². The van der Waals surface area contributed by atoms with E-state index in [-0.39, 0.29) is 5.56 Å². The Morgan fingerprint density at radius 3 is 2.64 bits per heavy atom. The van der Waals surface area contributed by atoms with Gasteiger partial charge in [0.25, 0.3) is 5.92 Å². The molecule has 0 heterocycles. The lowest BCUT2D eigenvalue weighted by atomic mass is 10.0. The molecule has 1 rings (SSSR count). The second-order valence-electron chi connectivity index (χ2n) is 3.23. The number of alkyl halides is 2. The average Bonchev–Trinajstić information content (AvgIpc) is 2.18. The van der Waals surface area contributed by atoms with Crippen LogP contribution >= 0.6 is 0 Å². The summed E-state index contributed by atoms with van der Waals surface area (Å²) in [5.41, 5.74) is 0.881. The number of halogens is 2. The largest absolute Gasteiger partial charge is 0.396 e. The summed E-state index contributed by atoms with van der Waals surface area (Å²) in [4.78, 5) is 0. The predicted molar refractivity (Wildman–Crippen MR) is 51.4 cm³/mol. The van der Waals surface area contributed by atoms with Crippen LogP contribution in [0.2, 0.25) is 0 Å². The molecule has 1 aromatic rings. The van der Waals surface area contributed by atoms with E-state index in [1.165, 1.54) is 12.1 Å². The summed E-state index contributed by atoms with van der Waals surface area (Å²) in [6.07, 6.45) is 0.225. The van der Waals surface area contributed by atoms with Gasteiger partial charge in [0.2, 0.25) is 0 Å². The number of hydrogen-bond donors (Lipinski definition) is 1. The van der Waals surface area contributed by atoms with Gasteiger partial charge in [0.1, 0.15) is 0 Å². The van der Waals surface area contributed by atoms with Crippen LogP contribution in [-0.2, 0) is 12.3 Å². The summed E-state index contributed by atoms with van der Waals surface area (Å²) in [6, 6.07) is 6.34. The van der Waals surface area contributed by atoms with E-state index in [0.717, 1.165) is 12.0 Å². The van der Waals surface area contributed by atoms with Crippen molar-refractivity contribution in [1.29, 1.82) is 0 Å². The second-order valence-corrected chi connectivity index (χ2v) is 3.23. The average molecular weight is 200 g/mol. The van der Waals surface area contributed by atoms with E-state index in [9.17, 15) is 8.78 Å². The molecule has 0 aliphatic rings. The van der Waals surface area contributed by atoms with Gasteiger partial charge in [-0.25, -0.2) is 8.78 Å². The Morgan fingerprint density at radius 1 is 1.36 bits per heavy atom. The zero-order valence-electron chi connectivity index (χ0n) is 8.13. The molecule has 0 bridgehead atoms. The smallest absolute Gasteiger partial charge is 0.275 e. The first kappa shape index (κ1) is 11.1. The van der Waals surface area contributed by atoms with Crippen LogP contribution in [0.3, 0.4) is 0 Å². The molecule has 1 aromatic carbocycles. The van der Waals surface area contributed by atoms with Crippen LogP contribution in [-0.4, -0.2) is 11.7 Å². The van der Waals surface area contributed by atoms with Crippen molar-refractivity contribution in [2.24, 2.45) is 0 Å². The minimum Gasteiger partial charge on any atom is -0.396 e. The maximum absolute atomic E-state index is 13.3. The first-order chi connectivity index (χ1) is 6.60. The van der Waals surface area contributed by atoms with E-state index < -0.39 is 19.0 Å². The molecular formula is C11H14F2O. The summed E-state index contributed by atoms with van der Waals surface area (Å²) in [5.74, 6) is -2.92. The van der Waals surface area contributed by atoms with Gasteiger partial charge >= 0.3 is 0 Å². The lowest BCUT2D eigenvalue weighted by Gasteiger charge is -2.15. The van der Waals surface area contributed by atoms with Crippen LogP contribution in [0.5, 0.6) is 0 Å². The van der Waals surface area contributed by atoms with E-state index in [2.05, 4.69) is 0 Å². The number of aliphatic hydroxyl groups excluding tert-OH is 1. The molecular weight excluding hydrogens is 186 g/mol. The third-order valence-electron chi connectivity index (χ3n) is 2.18. The number of aryl methyl sites for hydroxylation is 1. The number of aliphatic hydroxyl groups is 1. The van der Waals surface area contributed by atoms with Gasteiger partial charge in [0.05, 0.1) is 0 Å². The minimum atomic E-state index is -2.92. The van der Waals surface area contributed by atoms with Crippen LogP contribution in [0.25, 0.3) is 0 Å². The Hall–Kier alpha value is -0.960. The molecule has 0 aliphatic heterocycles. The summed E-state index contributed by atoms with van der Waals surface area (Å²) in [6.45, 7) is 1.42. The van der Waals surface area contributed by atoms with E-state index in [4.69, 9.17) is 5.11 Å². The van der Waals surface area contributed by atoms with Gasteiger partial charge in [-0.3, -0.25) is 0 Å². The summed E-state index contributed by atoms with van der Waals surface area (Å²) in [5, 5.41) is 8.51. The Balaban J connectivity index is 2.93. The van der Waals surface area contributed by atoms with Crippen LogP contribution < -0.4 is 0 Å². The van der Waals surface area contributed by atoms with Crippen LogP contribution in [0.15, 0.2) is 24.3 Å². The van der Waals surface area contributed by atoms with Crippen molar-refractivity contribution in [2.75, 3.05) is 6.61 Å². The van der Waals surface area contributed by atoms with E-state index in [1.54, 1.807) is 6.07 Å². The predicted octanol–water partition coefficient (Wildman–Crippen LogP) is 2.72. The summed E-state index contributed by atoms with van der Waals surface area (Å²) >= 11 is 0. The zero-order valence-corrected chi connectivity index (χ0v) is 8.13. The molecule has 0 saturated carbocycles. The van der Waals surface area contributed by atoms with Gasteiger partial charge < -0.3 is 5.11 Å². The topological polar surface area (TPSA) is 20.2 Å². The highest BCUT2D eigenvalue weighted by Crippen LogP contribution is 2.31. The lowest BCUT2D eigenvalue weighted by Crippen LogP contribution is -2.15. The fourth-order valence-corrected chi connectivity index (χ4v) is 1.30. The van der Waals surface area contributed by atoms with Crippen molar-refractivity contribution in [3.63, 3.8) is 0 Å². The maximum atomic E-state index is 13.3. The first-order valence-corrected chi connectivity index (χ1v) is 4.68. The molecule has 0 fully saturated rings. The highest BCUT2D eigenvalue weighted by Gasteiger charge is 2.30. The molecule has 0 aromatic heterocycles. The maximum Gasteiger partial charge on any atom is 0.275 e. The number of rotatable bonds is 4. The van der Waals surface area contributed by atoms with Crippen molar-refractivity contribution in [1.82, 2.24) is 0 Å². The van der Waals surface area contributed by atoms with Gasteiger partial charge in [-0.05, 0) is 18.1 Å². The zero-order chi connectivity index (χ0) is 10.6. The summed E-state index contributed by atoms with van der Waals surface area (Å²) in [7, 11) is 0. The summed E-state index contributed by atoms with van der Waals surface area (Å²) < 4.78 is 26.6. The molecule has 3 heteroatoms. The monoisotopic (exact) mass is 200 g/mol. The van der Waals surface area contributed by atoms with Crippen molar-refractivity contribution in [2.45, 2.75) is 25.7 Å². The number of benzene rings is 1. The second kappa shape index (κ2) is 4.51. The molecule has 1 N–H and O–H groups in total. The molecule has 0 aliphatic carbocycles. The molecule has 0 saturated heterocycles. The fraction of sp³-hybridized carbons (Fsp3) is 0.455. The standard InChI is InChI=1S/C11H14F2O/c1-2-9-4-3-5-10(8-9)11(12,13)6-7-14/h3-5,8,14H,2,6-7H2,1H3. The van der Waals surface area contributed by atoms with Crippen LogP contribution in [0, 0.1) is 0 Å². The van der Waals surface area contributed by atoms with Gasteiger partial charge in [0.15, 0.2) is 0 Å². The van der Waals surface area contributed by atoms with Crippen molar-refractivity contribution in [3.8, 4) is 0 Å². The molecule has 0 spiro atoms. The molecule has 0 atom stereocenters. The first-order valence-electron chi connectivity index (χ1n) is 4.68. The minimum absolute atomic E-state index is 0.00843. The molecule has 78 valence electrons. The SMILES string of the molecule is CCc1cccc(C(F)(F)CCO)c1. The molecule has 0 unspecified atom stereocenters. The van der Waals surface area contributed by atoms with Gasteiger partial charge in [-0.2, -0.15) is 0 Å². The van der Waals surface area contributed by atoms with Crippen molar-refractivity contribution in [3.05, 3.63) is 35.4 Å². The van der Waals surface area contributed by atoms with Crippen LogP contribution in [0.4, 0.5) is 8.78 Å². The van der Waals surface area contributed by atoms with Crippen LogP contribution in [0.1, 0.15) is 24.5 Å². The Kier molecular flexibility index (Phi) is 3.58. The number of hydrogen-bond acceptors (Lipinski definition) is 1. The Bertz CT molecular complexity index is 297. The lowest BCUT2D eigenvalue weighted by molar-refractivity contribution is -0.0270. The highest BCUT2D eigenvalue weighted by molar-refractivity contribution is 5.26.